The maximum atomic E-state index is 12.4. The summed E-state index contributed by atoms with van der Waals surface area (Å²) in [6.45, 7) is 4.39. The molecule has 1 aromatic heterocycles. The highest BCUT2D eigenvalue weighted by Gasteiger charge is 2.49. The Morgan fingerprint density at radius 1 is 1.32 bits per heavy atom. The molecule has 3 fully saturated rings. The molecule has 1 N–H and O–H groups in total. The molecule has 3 saturated heterocycles. The molecule has 1 unspecified atom stereocenters. The molecule has 4 heterocycles. The second-order valence-electron chi connectivity index (χ2n) is 6.79. The van der Waals surface area contributed by atoms with Gasteiger partial charge in [0, 0.05) is 38.1 Å². The van der Waals surface area contributed by atoms with Gasteiger partial charge in [-0.15, -0.1) is 0 Å². The zero-order valence-corrected chi connectivity index (χ0v) is 13.4. The number of hydrogen-bond donors (Lipinski definition) is 1. The van der Waals surface area contributed by atoms with Crippen molar-refractivity contribution in [2.45, 2.75) is 25.3 Å². The summed E-state index contributed by atoms with van der Waals surface area (Å²) in [6, 6.07) is 1.96. The zero-order chi connectivity index (χ0) is 15.2. The van der Waals surface area contributed by atoms with E-state index >= 15 is 0 Å². The lowest BCUT2D eigenvalue weighted by Crippen LogP contribution is -2.52. The minimum absolute atomic E-state index is 0.0628. The Balaban J connectivity index is 1.42. The Bertz CT molecular complexity index is 578. The molecule has 6 heteroatoms. The third-order valence-electron chi connectivity index (χ3n) is 5.49. The van der Waals surface area contributed by atoms with Gasteiger partial charge in [-0.25, -0.2) is 0 Å². The molecule has 22 heavy (non-hydrogen) atoms. The summed E-state index contributed by atoms with van der Waals surface area (Å²) in [4.78, 5) is 28.8. The number of nitrogens with one attached hydrogen (secondary N) is 1. The smallest absolute Gasteiger partial charge is 0.254 e. The first-order valence-corrected chi connectivity index (χ1v) is 8.94. The summed E-state index contributed by atoms with van der Waals surface area (Å²) in [5.41, 5.74) is 1.04. The van der Waals surface area contributed by atoms with Crippen LogP contribution in [0, 0.1) is 5.41 Å². The van der Waals surface area contributed by atoms with Crippen LogP contribution in [-0.2, 0) is 4.79 Å². The lowest BCUT2D eigenvalue weighted by Gasteiger charge is -2.39. The monoisotopic (exact) mass is 319 g/mol. The first kappa shape index (κ1) is 14.2. The maximum absolute atomic E-state index is 12.4. The molecule has 1 spiro atoms. The molecule has 0 aromatic carbocycles. The molecule has 0 bridgehead atoms. The van der Waals surface area contributed by atoms with Gasteiger partial charge >= 0.3 is 0 Å². The van der Waals surface area contributed by atoms with Crippen LogP contribution in [0.2, 0.25) is 0 Å². The van der Waals surface area contributed by atoms with E-state index in [0.717, 1.165) is 57.5 Å². The zero-order valence-electron chi connectivity index (χ0n) is 12.6. The predicted molar refractivity (Wildman–Crippen MR) is 84.9 cm³/mol. The second-order valence-corrected chi connectivity index (χ2v) is 7.57. The van der Waals surface area contributed by atoms with E-state index in [1.165, 1.54) is 0 Å². The fourth-order valence-corrected chi connectivity index (χ4v) is 4.82. The van der Waals surface area contributed by atoms with Crippen LogP contribution in [0.15, 0.2) is 16.8 Å². The van der Waals surface area contributed by atoms with Crippen molar-refractivity contribution in [1.82, 2.24) is 15.1 Å². The molecule has 3 aliphatic rings. The number of amides is 2. The molecule has 4 rings (SSSR count). The molecule has 3 aliphatic heterocycles. The van der Waals surface area contributed by atoms with Crippen LogP contribution in [0.4, 0.5) is 0 Å². The van der Waals surface area contributed by atoms with Gasteiger partial charge in [0.1, 0.15) is 0 Å². The number of carbonyl (C=O) groups excluding carboxylic acids is 2. The number of likely N-dealkylation sites (tertiary alicyclic amines) is 1. The molecule has 1 aromatic rings. The van der Waals surface area contributed by atoms with E-state index in [4.69, 9.17) is 0 Å². The summed E-state index contributed by atoms with van der Waals surface area (Å²) in [5.74, 6) is 0.351. The van der Waals surface area contributed by atoms with Crippen LogP contribution >= 0.6 is 11.3 Å². The van der Waals surface area contributed by atoms with Gasteiger partial charge in [0.15, 0.2) is 0 Å². The van der Waals surface area contributed by atoms with Crippen LogP contribution < -0.4 is 5.32 Å². The van der Waals surface area contributed by atoms with Crippen molar-refractivity contribution < 1.29 is 9.59 Å². The van der Waals surface area contributed by atoms with E-state index in [2.05, 4.69) is 10.2 Å². The highest BCUT2D eigenvalue weighted by atomic mass is 32.1. The SMILES string of the molecule is O=C1NCCN2CC3(CCN(C(=O)c4ccsc4)CC3)CC12. The van der Waals surface area contributed by atoms with E-state index in [1.54, 1.807) is 11.3 Å². The summed E-state index contributed by atoms with van der Waals surface area (Å²) < 4.78 is 0. The van der Waals surface area contributed by atoms with Gasteiger partial charge in [-0.05, 0) is 36.1 Å². The van der Waals surface area contributed by atoms with E-state index in [9.17, 15) is 9.59 Å². The number of piperidine rings is 1. The Hall–Kier alpha value is -1.40. The Labute approximate surface area is 134 Å². The number of hydrogen-bond acceptors (Lipinski definition) is 4. The van der Waals surface area contributed by atoms with Crippen molar-refractivity contribution in [2.75, 3.05) is 32.7 Å². The van der Waals surface area contributed by atoms with E-state index in [-0.39, 0.29) is 23.3 Å². The normalized spacial score (nSPS) is 27.7. The van der Waals surface area contributed by atoms with Gasteiger partial charge in [-0.2, -0.15) is 11.3 Å². The molecule has 0 aliphatic carbocycles. The van der Waals surface area contributed by atoms with Crippen molar-refractivity contribution in [1.29, 1.82) is 0 Å². The highest BCUT2D eigenvalue weighted by Crippen LogP contribution is 2.44. The first-order chi connectivity index (χ1) is 10.7. The third kappa shape index (κ3) is 2.34. The van der Waals surface area contributed by atoms with Crippen LogP contribution in [-0.4, -0.2) is 60.4 Å². The van der Waals surface area contributed by atoms with Gasteiger partial charge in [-0.1, -0.05) is 0 Å². The number of carbonyl (C=O) groups is 2. The van der Waals surface area contributed by atoms with Crippen LogP contribution in [0.5, 0.6) is 0 Å². The molecule has 118 valence electrons. The molecule has 0 radical (unpaired) electrons. The van der Waals surface area contributed by atoms with Crippen LogP contribution in [0.25, 0.3) is 0 Å². The first-order valence-electron chi connectivity index (χ1n) is 8.00. The lowest BCUT2D eigenvalue weighted by atomic mass is 9.76. The molecule has 5 nitrogen and oxygen atoms in total. The van der Waals surface area contributed by atoms with E-state index in [1.807, 2.05) is 21.7 Å². The third-order valence-corrected chi connectivity index (χ3v) is 6.17. The summed E-state index contributed by atoms with van der Waals surface area (Å²) in [5, 5.41) is 6.85. The van der Waals surface area contributed by atoms with Crippen LogP contribution in [0.1, 0.15) is 29.6 Å². The van der Waals surface area contributed by atoms with E-state index in [0.29, 0.717) is 0 Å². The molecule has 0 saturated carbocycles. The number of nitrogens with zero attached hydrogens (tertiary/aromatic N) is 2. The average molecular weight is 319 g/mol. The van der Waals surface area contributed by atoms with Gasteiger partial charge in [0.25, 0.3) is 5.91 Å². The van der Waals surface area contributed by atoms with Crippen molar-refractivity contribution in [2.24, 2.45) is 5.41 Å². The van der Waals surface area contributed by atoms with Gasteiger partial charge in [0.05, 0.1) is 11.6 Å². The minimum atomic E-state index is 0.0628. The number of piperazine rings is 1. The quantitative estimate of drug-likeness (QED) is 0.845. The molecular formula is C16H21N3O2S. The van der Waals surface area contributed by atoms with Crippen molar-refractivity contribution in [3.8, 4) is 0 Å². The largest absolute Gasteiger partial charge is 0.353 e. The van der Waals surface area contributed by atoms with E-state index < -0.39 is 0 Å². The molecule has 2 amide bonds. The lowest BCUT2D eigenvalue weighted by molar-refractivity contribution is -0.127. The fourth-order valence-electron chi connectivity index (χ4n) is 4.19. The molecule has 1 atom stereocenters. The summed E-state index contributed by atoms with van der Waals surface area (Å²) >= 11 is 1.57. The van der Waals surface area contributed by atoms with Gasteiger partial charge in [-0.3, -0.25) is 14.5 Å². The minimum Gasteiger partial charge on any atom is -0.353 e. The van der Waals surface area contributed by atoms with Gasteiger partial charge in [0.2, 0.25) is 5.91 Å². The average Bonchev–Trinajstić information content (AvgIpc) is 3.16. The summed E-state index contributed by atoms with van der Waals surface area (Å²) in [7, 11) is 0. The Morgan fingerprint density at radius 3 is 2.82 bits per heavy atom. The predicted octanol–water partition coefficient (Wildman–Crippen LogP) is 1.17. The summed E-state index contributed by atoms with van der Waals surface area (Å²) in [6.07, 6.45) is 2.99. The van der Waals surface area contributed by atoms with Crippen molar-refractivity contribution >= 4 is 23.2 Å². The van der Waals surface area contributed by atoms with Gasteiger partial charge < -0.3 is 10.2 Å². The number of thiophene rings is 1. The fraction of sp³-hybridized carbons (Fsp3) is 0.625. The highest BCUT2D eigenvalue weighted by molar-refractivity contribution is 7.08. The number of fused-ring (bicyclic) bond motifs is 1. The number of rotatable bonds is 1. The Morgan fingerprint density at radius 2 is 2.14 bits per heavy atom. The van der Waals surface area contributed by atoms with Crippen molar-refractivity contribution in [3.05, 3.63) is 22.4 Å². The maximum Gasteiger partial charge on any atom is 0.254 e. The Kier molecular flexibility index (Phi) is 3.46. The van der Waals surface area contributed by atoms with Crippen molar-refractivity contribution in [3.63, 3.8) is 0 Å². The standard InChI is InChI=1S/C16H21N3O2S/c20-14-13-9-16(11-19(13)7-4-17-14)2-5-18(6-3-16)15(21)12-1-8-22-10-12/h1,8,10,13H,2-7,9,11H2,(H,17,20). The second kappa shape index (κ2) is 5.35. The van der Waals surface area contributed by atoms with Crippen LogP contribution in [0.3, 0.4) is 0 Å². The topological polar surface area (TPSA) is 52.7 Å². The molecular weight excluding hydrogens is 298 g/mol.